The van der Waals surface area contributed by atoms with Crippen LogP contribution < -0.4 is 0 Å². The Labute approximate surface area is 174 Å². The maximum absolute atomic E-state index is 6.37. The molecule has 0 bridgehead atoms. The highest BCUT2D eigenvalue weighted by atomic mass is 16.3. The van der Waals surface area contributed by atoms with E-state index in [-0.39, 0.29) is 0 Å². The van der Waals surface area contributed by atoms with Crippen molar-refractivity contribution in [2.75, 3.05) is 0 Å². The maximum Gasteiger partial charge on any atom is 0.163 e. The minimum Gasteiger partial charge on any atom is -0.456 e. The highest BCUT2D eigenvalue weighted by Crippen LogP contribution is 2.43. The zero-order chi connectivity index (χ0) is 20.1. The van der Waals surface area contributed by atoms with Crippen molar-refractivity contribution in [3.8, 4) is 0 Å². The lowest BCUT2D eigenvalue weighted by Crippen LogP contribution is -1.92. The van der Waals surface area contributed by atoms with Gasteiger partial charge in [0.05, 0.1) is 10.9 Å². The number of hydrogen-bond acceptors (Lipinski definition) is 4. The van der Waals surface area contributed by atoms with Crippen LogP contribution in [-0.2, 0) is 0 Å². The van der Waals surface area contributed by atoms with Crippen LogP contribution >= 0.6 is 0 Å². The van der Waals surface area contributed by atoms with E-state index >= 15 is 0 Å². The number of imidazole rings is 1. The molecule has 0 radical (unpaired) electrons. The fourth-order valence-electron chi connectivity index (χ4n) is 5.05. The minimum absolute atomic E-state index is 0.817. The molecule has 0 saturated heterocycles. The fourth-order valence-corrected chi connectivity index (χ4v) is 5.05. The number of para-hydroxylation sites is 1. The van der Waals surface area contributed by atoms with Gasteiger partial charge in [0, 0.05) is 45.5 Å². The summed E-state index contributed by atoms with van der Waals surface area (Å²) in [4.78, 5) is 9.23. The van der Waals surface area contributed by atoms with E-state index < -0.39 is 0 Å². The molecule has 0 aliphatic rings. The number of furan rings is 2. The quantitative estimate of drug-likeness (QED) is 0.262. The molecule has 8 rings (SSSR count). The summed E-state index contributed by atoms with van der Waals surface area (Å²) >= 11 is 0. The number of hydrogen-bond donors (Lipinski definition) is 0. The summed E-state index contributed by atoms with van der Waals surface area (Å²) in [7, 11) is 0. The molecule has 0 aliphatic heterocycles. The maximum atomic E-state index is 6.37. The van der Waals surface area contributed by atoms with Crippen LogP contribution in [0.4, 0.5) is 0 Å². The Hall–Kier alpha value is -4.38. The predicted molar refractivity (Wildman–Crippen MR) is 123 cm³/mol. The molecule has 5 heteroatoms. The third kappa shape index (κ3) is 1.78. The van der Waals surface area contributed by atoms with Gasteiger partial charge in [-0.05, 0) is 36.4 Å². The molecule has 5 aromatic heterocycles. The monoisotopic (exact) mass is 399 g/mol. The molecule has 31 heavy (non-hydrogen) atoms. The van der Waals surface area contributed by atoms with Gasteiger partial charge in [0.1, 0.15) is 27.8 Å². The molecule has 0 spiro atoms. The van der Waals surface area contributed by atoms with Crippen molar-refractivity contribution in [1.82, 2.24) is 14.4 Å². The molecule has 0 fully saturated rings. The van der Waals surface area contributed by atoms with E-state index in [9.17, 15) is 0 Å². The average Bonchev–Trinajstić information content (AvgIpc) is 3.53. The average molecular weight is 399 g/mol. The molecular weight excluding hydrogens is 386 g/mol. The molecule has 0 N–H and O–H groups in total. The number of pyridine rings is 2. The van der Waals surface area contributed by atoms with Gasteiger partial charge in [0.2, 0.25) is 0 Å². The van der Waals surface area contributed by atoms with E-state index in [0.29, 0.717) is 0 Å². The Morgan fingerprint density at radius 1 is 0.613 bits per heavy atom. The van der Waals surface area contributed by atoms with Crippen molar-refractivity contribution >= 4 is 71.3 Å². The molecule has 0 unspecified atom stereocenters. The van der Waals surface area contributed by atoms with Gasteiger partial charge in [-0.25, -0.2) is 4.98 Å². The third-order valence-corrected chi connectivity index (χ3v) is 6.31. The largest absolute Gasteiger partial charge is 0.456 e. The Kier molecular flexibility index (Phi) is 2.60. The van der Waals surface area contributed by atoms with Gasteiger partial charge in [-0.2, -0.15) is 0 Å². The van der Waals surface area contributed by atoms with Crippen LogP contribution in [0.25, 0.3) is 71.3 Å². The zero-order valence-electron chi connectivity index (χ0n) is 16.2. The van der Waals surface area contributed by atoms with Gasteiger partial charge >= 0.3 is 0 Å². The van der Waals surface area contributed by atoms with Crippen LogP contribution in [0.2, 0.25) is 0 Å². The lowest BCUT2D eigenvalue weighted by atomic mass is 10.0. The molecule has 3 aromatic carbocycles. The molecule has 0 atom stereocenters. The minimum atomic E-state index is 0.817. The lowest BCUT2D eigenvalue weighted by Gasteiger charge is -2.08. The van der Waals surface area contributed by atoms with Crippen LogP contribution in [0.15, 0.2) is 88.1 Å². The number of fused-ring (bicyclic) bond motifs is 14. The normalized spacial score (nSPS) is 12.5. The number of nitrogens with zero attached hydrogens (tertiary/aromatic N) is 3. The second kappa shape index (κ2) is 5.21. The second-order valence-electron chi connectivity index (χ2n) is 7.87. The van der Waals surface area contributed by atoms with Crippen LogP contribution in [0.5, 0.6) is 0 Å². The molecule has 0 saturated carbocycles. The van der Waals surface area contributed by atoms with Crippen LogP contribution in [-0.4, -0.2) is 14.4 Å². The fraction of sp³-hybridized carbons (Fsp3) is 0. The van der Waals surface area contributed by atoms with Gasteiger partial charge in [-0.3, -0.25) is 9.38 Å². The smallest absolute Gasteiger partial charge is 0.163 e. The number of benzene rings is 3. The van der Waals surface area contributed by atoms with E-state index in [0.717, 1.165) is 71.3 Å². The van der Waals surface area contributed by atoms with Gasteiger partial charge < -0.3 is 8.83 Å². The molecular formula is C26H13N3O2. The predicted octanol–water partition coefficient (Wildman–Crippen LogP) is 6.83. The molecule has 5 heterocycles. The summed E-state index contributed by atoms with van der Waals surface area (Å²) in [5.74, 6) is 0. The van der Waals surface area contributed by atoms with Crippen LogP contribution in [0, 0.1) is 0 Å². The lowest BCUT2D eigenvalue weighted by molar-refractivity contribution is 0.663. The van der Waals surface area contributed by atoms with Crippen molar-refractivity contribution in [3.05, 3.63) is 79.3 Å². The summed E-state index contributed by atoms with van der Waals surface area (Å²) in [5, 5.41) is 6.39. The van der Waals surface area contributed by atoms with Crippen molar-refractivity contribution in [3.63, 3.8) is 0 Å². The van der Waals surface area contributed by atoms with Gasteiger partial charge in [0.25, 0.3) is 0 Å². The summed E-state index contributed by atoms with van der Waals surface area (Å²) < 4.78 is 14.8. The van der Waals surface area contributed by atoms with E-state index in [1.54, 1.807) is 0 Å². The van der Waals surface area contributed by atoms with Crippen LogP contribution in [0.1, 0.15) is 0 Å². The Morgan fingerprint density at radius 3 is 2.48 bits per heavy atom. The summed E-state index contributed by atoms with van der Waals surface area (Å²) in [6.07, 6.45) is 5.61. The zero-order valence-corrected chi connectivity index (χ0v) is 16.2. The topological polar surface area (TPSA) is 56.5 Å². The highest BCUT2D eigenvalue weighted by Gasteiger charge is 2.20. The van der Waals surface area contributed by atoms with Crippen molar-refractivity contribution in [1.29, 1.82) is 0 Å². The Balaban J connectivity index is 1.75. The Bertz CT molecular complexity index is 2010. The first-order chi connectivity index (χ1) is 15.4. The van der Waals surface area contributed by atoms with E-state index in [4.69, 9.17) is 8.83 Å². The standard InChI is InChI=1S/C26H13N3O2/c1-2-6-18-14(4-1)15-7-9-20-23(25(15)31-18)22-19(30-20)10-8-17-21(22)16-5-3-11-27-24(16)26-28-12-13-29(17)26/h1-13H. The number of rotatable bonds is 0. The van der Waals surface area contributed by atoms with Gasteiger partial charge in [-0.1, -0.05) is 24.3 Å². The van der Waals surface area contributed by atoms with Crippen molar-refractivity contribution in [2.45, 2.75) is 0 Å². The highest BCUT2D eigenvalue weighted by molar-refractivity contribution is 6.32. The molecule has 8 aromatic rings. The molecule has 0 aliphatic carbocycles. The molecule has 144 valence electrons. The van der Waals surface area contributed by atoms with E-state index in [2.05, 4.69) is 38.6 Å². The van der Waals surface area contributed by atoms with Crippen LogP contribution in [0.3, 0.4) is 0 Å². The Morgan fingerprint density at radius 2 is 1.48 bits per heavy atom. The summed E-state index contributed by atoms with van der Waals surface area (Å²) in [6, 6.07) is 20.5. The first-order valence-corrected chi connectivity index (χ1v) is 10.2. The number of aromatic nitrogens is 3. The van der Waals surface area contributed by atoms with E-state index in [1.807, 2.05) is 55.0 Å². The summed E-state index contributed by atoms with van der Waals surface area (Å²) in [5.41, 5.74) is 6.17. The molecule has 5 nitrogen and oxygen atoms in total. The van der Waals surface area contributed by atoms with Gasteiger partial charge in [0.15, 0.2) is 5.65 Å². The molecule has 0 amide bonds. The van der Waals surface area contributed by atoms with E-state index in [1.165, 1.54) is 0 Å². The third-order valence-electron chi connectivity index (χ3n) is 6.31. The van der Waals surface area contributed by atoms with Gasteiger partial charge in [-0.15, -0.1) is 0 Å². The summed E-state index contributed by atoms with van der Waals surface area (Å²) in [6.45, 7) is 0. The first kappa shape index (κ1) is 15.5. The van der Waals surface area contributed by atoms with Crippen molar-refractivity contribution in [2.24, 2.45) is 0 Å². The van der Waals surface area contributed by atoms with Crippen molar-refractivity contribution < 1.29 is 8.83 Å². The first-order valence-electron chi connectivity index (χ1n) is 10.2. The second-order valence-corrected chi connectivity index (χ2v) is 7.87. The SMILES string of the molecule is c1ccc2c(c1)oc1c2ccc2oc3ccc4c(c5cccnc5c5nccn45)c3c21.